The summed E-state index contributed by atoms with van der Waals surface area (Å²) in [5.41, 5.74) is 4.18. The Kier molecular flexibility index (Phi) is 5.41. The van der Waals surface area contributed by atoms with Crippen molar-refractivity contribution in [3.8, 4) is 0 Å². The molecule has 0 aliphatic carbocycles. The molecule has 2 unspecified atom stereocenters. The van der Waals surface area contributed by atoms with Crippen molar-refractivity contribution in [3.63, 3.8) is 0 Å². The van der Waals surface area contributed by atoms with Gasteiger partial charge in [-0.15, -0.1) is 0 Å². The molecule has 106 valence electrons. The van der Waals surface area contributed by atoms with Crippen molar-refractivity contribution in [2.45, 2.75) is 58.6 Å². The Balaban J connectivity index is 2.04. The van der Waals surface area contributed by atoms with Crippen LogP contribution in [0.15, 0.2) is 18.2 Å². The first-order chi connectivity index (χ1) is 9.20. The van der Waals surface area contributed by atoms with E-state index in [9.17, 15) is 0 Å². The third kappa shape index (κ3) is 4.05. The minimum absolute atomic E-state index is 0.385. The highest BCUT2D eigenvalue weighted by Gasteiger charge is 2.23. The molecule has 1 aromatic rings. The summed E-state index contributed by atoms with van der Waals surface area (Å²) < 4.78 is 5.96. The molecule has 2 heteroatoms. The van der Waals surface area contributed by atoms with Gasteiger partial charge in [-0.2, -0.15) is 0 Å². The molecule has 0 aromatic heterocycles. The minimum atomic E-state index is 0.385. The molecular formula is C17H27NO. The summed E-state index contributed by atoms with van der Waals surface area (Å²) >= 11 is 0. The highest BCUT2D eigenvalue weighted by atomic mass is 16.5. The molecule has 0 spiro atoms. The van der Waals surface area contributed by atoms with E-state index in [-0.39, 0.29) is 0 Å². The maximum Gasteiger partial charge on any atom is 0.0731 e. The van der Waals surface area contributed by atoms with Gasteiger partial charge in [-0.25, -0.2) is 0 Å². The van der Waals surface area contributed by atoms with Crippen molar-refractivity contribution in [1.82, 2.24) is 5.32 Å². The van der Waals surface area contributed by atoms with Crippen LogP contribution in [0.3, 0.4) is 0 Å². The van der Waals surface area contributed by atoms with Crippen LogP contribution in [0, 0.1) is 13.8 Å². The van der Waals surface area contributed by atoms with Crippen molar-refractivity contribution >= 4 is 0 Å². The first-order valence-corrected chi connectivity index (χ1v) is 7.62. The Hall–Kier alpha value is -0.860. The van der Waals surface area contributed by atoms with Gasteiger partial charge in [0.1, 0.15) is 0 Å². The van der Waals surface area contributed by atoms with Crippen molar-refractivity contribution < 1.29 is 4.74 Å². The van der Waals surface area contributed by atoms with Crippen LogP contribution in [0.5, 0.6) is 0 Å². The summed E-state index contributed by atoms with van der Waals surface area (Å²) in [6.07, 6.45) is 5.18. The summed E-state index contributed by atoms with van der Waals surface area (Å²) in [5, 5.41) is 3.61. The highest BCUT2D eigenvalue weighted by Crippen LogP contribution is 2.20. The molecule has 1 fully saturated rings. The standard InChI is InChI=1S/C17H27NO/c1-4-18-16(17-7-5-6-10-19-17)12-15-9-8-13(2)14(3)11-15/h8-9,11,16-18H,4-7,10,12H2,1-3H3. The molecule has 0 radical (unpaired) electrons. The van der Waals surface area contributed by atoms with Gasteiger partial charge in [0.15, 0.2) is 0 Å². The Morgan fingerprint density at radius 3 is 2.74 bits per heavy atom. The van der Waals surface area contributed by atoms with Crippen LogP contribution in [0.2, 0.25) is 0 Å². The van der Waals surface area contributed by atoms with Crippen LogP contribution in [0.4, 0.5) is 0 Å². The van der Waals surface area contributed by atoms with E-state index in [2.05, 4.69) is 44.3 Å². The van der Waals surface area contributed by atoms with Gasteiger partial charge in [0.2, 0.25) is 0 Å². The molecule has 19 heavy (non-hydrogen) atoms. The third-order valence-corrected chi connectivity index (χ3v) is 4.16. The fourth-order valence-corrected chi connectivity index (χ4v) is 2.86. The van der Waals surface area contributed by atoms with Crippen molar-refractivity contribution in [2.24, 2.45) is 0 Å². The van der Waals surface area contributed by atoms with Crippen LogP contribution < -0.4 is 5.32 Å². The second-order valence-electron chi connectivity index (χ2n) is 5.69. The van der Waals surface area contributed by atoms with Crippen LogP contribution >= 0.6 is 0 Å². The van der Waals surface area contributed by atoms with E-state index in [0.29, 0.717) is 12.1 Å². The Bertz CT molecular complexity index is 396. The van der Waals surface area contributed by atoms with Gasteiger partial charge >= 0.3 is 0 Å². The van der Waals surface area contributed by atoms with Crippen molar-refractivity contribution in [3.05, 3.63) is 34.9 Å². The van der Waals surface area contributed by atoms with Gasteiger partial charge in [0.25, 0.3) is 0 Å². The van der Waals surface area contributed by atoms with E-state index >= 15 is 0 Å². The predicted octanol–water partition coefficient (Wildman–Crippen LogP) is 3.39. The number of aryl methyl sites for hydroxylation is 2. The van der Waals surface area contributed by atoms with Crippen LogP contribution in [-0.4, -0.2) is 25.3 Å². The lowest BCUT2D eigenvalue weighted by Crippen LogP contribution is -2.44. The van der Waals surface area contributed by atoms with Gasteiger partial charge in [-0.1, -0.05) is 25.1 Å². The van der Waals surface area contributed by atoms with Crippen LogP contribution in [0.1, 0.15) is 42.9 Å². The number of ether oxygens (including phenoxy) is 1. The summed E-state index contributed by atoms with van der Waals surface area (Å²) in [7, 11) is 0. The lowest BCUT2D eigenvalue weighted by molar-refractivity contribution is -0.00709. The van der Waals surface area contributed by atoms with Gasteiger partial charge in [-0.3, -0.25) is 0 Å². The number of hydrogen-bond donors (Lipinski definition) is 1. The highest BCUT2D eigenvalue weighted by molar-refractivity contribution is 5.30. The molecule has 1 aromatic carbocycles. The zero-order valence-electron chi connectivity index (χ0n) is 12.5. The maximum absolute atomic E-state index is 5.96. The van der Waals surface area contributed by atoms with Gasteiger partial charge < -0.3 is 10.1 Å². The largest absolute Gasteiger partial charge is 0.377 e. The Morgan fingerprint density at radius 2 is 2.11 bits per heavy atom. The maximum atomic E-state index is 5.96. The Labute approximate surface area is 117 Å². The molecule has 2 rings (SSSR count). The zero-order valence-corrected chi connectivity index (χ0v) is 12.5. The van der Waals surface area contributed by atoms with E-state index in [4.69, 9.17) is 4.74 Å². The third-order valence-electron chi connectivity index (χ3n) is 4.16. The van der Waals surface area contributed by atoms with Crippen LogP contribution in [-0.2, 0) is 11.2 Å². The number of hydrogen-bond acceptors (Lipinski definition) is 2. The van der Waals surface area contributed by atoms with E-state index in [1.807, 2.05) is 0 Å². The number of rotatable bonds is 5. The molecule has 2 atom stereocenters. The normalized spacial score (nSPS) is 21.3. The SMILES string of the molecule is CCNC(Cc1ccc(C)c(C)c1)C1CCCCO1. The number of benzene rings is 1. The molecule has 1 aliphatic rings. The molecular weight excluding hydrogens is 234 g/mol. The first kappa shape index (κ1) is 14.5. The van der Waals surface area contributed by atoms with Gasteiger partial charge in [0, 0.05) is 12.6 Å². The second kappa shape index (κ2) is 7.06. The lowest BCUT2D eigenvalue weighted by Gasteiger charge is -2.31. The molecule has 1 aliphatic heterocycles. The summed E-state index contributed by atoms with van der Waals surface area (Å²) in [6, 6.07) is 7.26. The van der Waals surface area contributed by atoms with E-state index < -0.39 is 0 Å². The second-order valence-corrected chi connectivity index (χ2v) is 5.69. The molecule has 1 N–H and O–H groups in total. The lowest BCUT2D eigenvalue weighted by atomic mass is 9.94. The fourth-order valence-electron chi connectivity index (χ4n) is 2.86. The van der Waals surface area contributed by atoms with E-state index in [1.54, 1.807) is 0 Å². The number of nitrogens with one attached hydrogen (secondary N) is 1. The Morgan fingerprint density at radius 1 is 1.26 bits per heavy atom. The molecule has 0 amide bonds. The van der Waals surface area contributed by atoms with E-state index in [1.165, 1.54) is 36.0 Å². The molecule has 1 heterocycles. The summed E-state index contributed by atoms with van der Waals surface area (Å²) in [4.78, 5) is 0. The molecule has 2 nitrogen and oxygen atoms in total. The molecule has 0 saturated carbocycles. The quantitative estimate of drug-likeness (QED) is 0.877. The average Bonchev–Trinajstić information content (AvgIpc) is 2.43. The predicted molar refractivity (Wildman–Crippen MR) is 80.7 cm³/mol. The topological polar surface area (TPSA) is 21.3 Å². The first-order valence-electron chi connectivity index (χ1n) is 7.62. The van der Waals surface area contributed by atoms with Gasteiger partial charge in [-0.05, 0) is 62.8 Å². The fraction of sp³-hybridized carbons (Fsp3) is 0.647. The van der Waals surface area contributed by atoms with Gasteiger partial charge in [0.05, 0.1) is 6.10 Å². The van der Waals surface area contributed by atoms with Crippen molar-refractivity contribution in [2.75, 3.05) is 13.2 Å². The molecule has 0 bridgehead atoms. The summed E-state index contributed by atoms with van der Waals surface area (Å²) in [6.45, 7) is 8.48. The minimum Gasteiger partial charge on any atom is -0.377 e. The van der Waals surface area contributed by atoms with E-state index in [0.717, 1.165) is 19.6 Å². The van der Waals surface area contributed by atoms with Crippen molar-refractivity contribution in [1.29, 1.82) is 0 Å². The summed E-state index contributed by atoms with van der Waals surface area (Å²) in [5.74, 6) is 0. The smallest absolute Gasteiger partial charge is 0.0731 e. The monoisotopic (exact) mass is 261 g/mol. The zero-order chi connectivity index (χ0) is 13.7. The van der Waals surface area contributed by atoms with Crippen LogP contribution in [0.25, 0.3) is 0 Å². The molecule has 1 saturated heterocycles. The number of likely N-dealkylation sites (N-methyl/N-ethyl adjacent to an activating group) is 1. The average molecular weight is 261 g/mol.